The van der Waals surface area contributed by atoms with Gasteiger partial charge in [-0.3, -0.25) is 0 Å². The van der Waals surface area contributed by atoms with Gasteiger partial charge in [-0.2, -0.15) is 0 Å². The molecule has 0 fully saturated rings. The first-order valence-electron chi connectivity index (χ1n) is 7.62. The molecule has 0 spiro atoms. The van der Waals surface area contributed by atoms with Gasteiger partial charge in [0.15, 0.2) is 0 Å². The molecule has 0 unspecified atom stereocenters. The zero-order valence-electron chi connectivity index (χ0n) is 13.4. The Morgan fingerprint density at radius 1 is 0.864 bits per heavy atom. The summed E-state index contributed by atoms with van der Waals surface area (Å²) in [6.45, 7) is 8.21. The van der Waals surface area contributed by atoms with Gasteiger partial charge < -0.3 is 15.5 Å². The van der Waals surface area contributed by atoms with Crippen molar-refractivity contribution in [1.29, 1.82) is 0 Å². The summed E-state index contributed by atoms with van der Waals surface area (Å²) >= 11 is 0. The van der Waals surface area contributed by atoms with Crippen LogP contribution in [0.5, 0.6) is 0 Å². The minimum atomic E-state index is -0.237. The lowest BCUT2D eigenvalue weighted by molar-refractivity contribution is 0.262. The summed E-state index contributed by atoms with van der Waals surface area (Å²) in [5.74, 6) is 0. The van der Waals surface area contributed by atoms with Gasteiger partial charge >= 0.3 is 6.03 Å². The molecule has 2 N–H and O–H groups in total. The molecule has 2 aromatic carbocycles. The molecule has 116 valence electrons. The van der Waals surface area contributed by atoms with Crippen LogP contribution in [-0.2, 0) is 0 Å². The number of anilines is 3. The molecule has 0 aliphatic rings. The van der Waals surface area contributed by atoms with Gasteiger partial charge in [-0.15, -0.1) is 0 Å². The van der Waals surface area contributed by atoms with Crippen molar-refractivity contribution in [3.8, 4) is 0 Å². The molecule has 2 rings (SSSR count). The highest BCUT2D eigenvalue weighted by atomic mass is 16.2. The minimum absolute atomic E-state index is 0.237. The van der Waals surface area contributed by atoms with Crippen molar-refractivity contribution in [3.05, 3.63) is 54.1 Å². The number of hydrogen-bond acceptors (Lipinski definition) is 2. The van der Waals surface area contributed by atoms with Crippen molar-refractivity contribution in [2.75, 3.05) is 28.6 Å². The van der Waals surface area contributed by atoms with Crippen molar-refractivity contribution in [3.63, 3.8) is 0 Å². The topological polar surface area (TPSA) is 44.4 Å². The van der Waals surface area contributed by atoms with E-state index in [0.717, 1.165) is 35.7 Å². The van der Waals surface area contributed by atoms with Gasteiger partial charge in [-0.05, 0) is 57.2 Å². The molecule has 0 aromatic heterocycles. The van der Waals surface area contributed by atoms with Crippen LogP contribution >= 0.6 is 0 Å². The van der Waals surface area contributed by atoms with Crippen LogP contribution in [0.2, 0.25) is 0 Å². The number of amides is 2. The van der Waals surface area contributed by atoms with Crippen molar-refractivity contribution >= 4 is 23.1 Å². The lowest BCUT2D eigenvalue weighted by atomic mass is 10.2. The van der Waals surface area contributed by atoms with Crippen LogP contribution in [0.25, 0.3) is 0 Å². The number of nitrogens with zero attached hydrogens (tertiary/aromatic N) is 1. The fourth-order valence-electron chi connectivity index (χ4n) is 2.27. The zero-order valence-corrected chi connectivity index (χ0v) is 13.4. The third-order valence-corrected chi connectivity index (χ3v) is 3.56. The fourth-order valence-corrected chi connectivity index (χ4v) is 2.27. The maximum Gasteiger partial charge on any atom is 0.323 e. The summed E-state index contributed by atoms with van der Waals surface area (Å²) in [5.41, 5.74) is 3.89. The first-order valence-corrected chi connectivity index (χ1v) is 7.62. The first kappa shape index (κ1) is 15.9. The second-order valence-corrected chi connectivity index (χ2v) is 5.16. The molecule has 0 saturated carbocycles. The standard InChI is InChI=1S/C18H23N3O/c1-4-21(5-2)17-12-10-16(11-13-17)20-18(22)19-15-8-6-14(3)7-9-15/h6-13H,4-5H2,1-3H3,(H2,19,20,22). The number of aryl methyl sites for hydroxylation is 1. The van der Waals surface area contributed by atoms with E-state index in [1.54, 1.807) is 0 Å². The Balaban J connectivity index is 1.95. The van der Waals surface area contributed by atoms with Gasteiger partial charge in [0, 0.05) is 30.2 Å². The lowest BCUT2D eigenvalue weighted by Crippen LogP contribution is -2.22. The SMILES string of the molecule is CCN(CC)c1ccc(NC(=O)Nc2ccc(C)cc2)cc1. The average molecular weight is 297 g/mol. The Kier molecular flexibility index (Phi) is 5.42. The van der Waals surface area contributed by atoms with Crippen molar-refractivity contribution < 1.29 is 4.79 Å². The van der Waals surface area contributed by atoms with E-state index < -0.39 is 0 Å². The van der Waals surface area contributed by atoms with Crippen LogP contribution in [0.1, 0.15) is 19.4 Å². The van der Waals surface area contributed by atoms with Crippen LogP contribution in [0.4, 0.5) is 21.9 Å². The van der Waals surface area contributed by atoms with Crippen molar-refractivity contribution in [1.82, 2.24) is 0 Å². The van der Waals surface area contributed by atoms with Crippen molar-refractivity contribution in [2.45, 2.75) is 20.8 Å². The van der Waals surface area contributed by atoms with E-state index in [-0.39, 0.29) is 6.03 Å². The van der Waals surface area contributed by atoms with Gasteiger partial charge in [0.25, 0.3) is 0 Å². The van der Waals surface area contributed by atoms with E-state index in [0.29, 0.717) is 0 Å². The van der Waals surface area contributed by atoms with Crippen LogP contribution in [0, 0.1) is 6.92 Å². The molecule has 0 aliphatic carbocycles. The molecule has 0 heterocycles. The van der Waals surface area contributed by atoms with Crippen LogP contribution < -0.4 is 15.5 Å². The van der Waals surface area contributed by atoms with Gasteiger partial charge in [0.05, 0.1) is 0 Å². The predicted molar refractivity (Wildman–Crippen MR) is 93.8 cm³/mol. The summed E-state index contributed by atoms with van der Waals surface area (Å²) in [5, 5.41) is 5.66. The Morgan fingerprint density at radius 3 is 1.77 bits per heavy atom. The van der Waals surface area contributed by atoms with Gasteiger partial charge in [0.1, 0.15) is 0 Å². The molecule has 0 aliphatic heterocycles. The summed E-state index contributed by atoms with van der Waals surface area (Å²) in [7, 11) is 0. The van der Waals surface area contributed by atoms with E-state index in [1.807, 2.05) is 55.5 Å². The number of carbonyl (C=O) groups is 1. The van der Waals surface area contributed by atoms with Crippen LogP contribution in [0.3, 0.4) is 0 Å². The molecule has 0 bridgehead atoms. The normalized spacial score (nSPS) is 10.1. The Bertz CT molecular complexity index is 601. The maximum atomic E-state index is 12.0. The summed E-state index contributed by atoms with van der Waals surface area (Å²) in [6, 6.07) is 15.4. The van der Waals surface area contributed by atoms with E-state index >= 15 is 0 Å². The Labute approximate surface area is 132 Å². The highest BCUT2D eigenvalue weighted by Crippen LogP contribution is 2.18. The van der Waals surface area contributed by atoms with Crippen LogP contribution in [-0.4, -0.2) is 19.1 Å². The number of carbonyl (C=O) groups excluding carboxylic acids is 1. The maximum absolute atomic E-state index is 12.0. The average Bonchev–Trinajstić information content (AvgIpc) is 2.52. The largest absolute Gasteiger partial charge is 0.372 e. The number of benzene rings is 2. The van der Waals surface area contributed by atoms with E-state index in [1.165, 1.54) is 0 Å². The van der Waals surface area contributed by atoms with Gasteiger partial charge in [-0.1, -0.05) is 17.7 Å². The minimum Gasteiger partial charge on any atom is -0.372 e. The van der Waals surface area contributed by atoms with Gasteiger partial charge in [-0.25, -0.2) is 4.79 Å². The van der Waals surface area contributed by atoms with E-state index in [9.17, 15) is 4.79 Å². The monoisotopic (exact) mass is 297 g/mol. The Morgan fingerprint density at radius 2 is 1.32 bits per heavy atom. The zero-order chi connectivity index (χ0) is 15.9. The predicted octanol–water partition coefficient (Wildman–Crippen LogP) is 4.49. The van der Waals surface area contributed by atoms with Gasteiger partial charge in [0.2, 0.25) is 0 Å². The number of urea groups is 1. The number of rotatable bonds is 5. The summed E-state index contributed by atoms with van der Waals surface area (Å²) in [4.78, 5) is 14.2. The molecule has 22 heavy (non-hydrogen) atoms. The van der Waals surface area contributed by atoms with Crippen molar-refractivity contribution in [2.24, 2.45) is 0 Å². The second kappa shape index (κ2) is 7.50. The summed E-state index contributed by atoms with van der Waals surface area (Å²) in [6.07, 6.45) is 0. The lowest BCUT2D eigenvalue weighted by Gasteiger charge is -2.21. The molecular weight excluding hydrogens is 274 g/mol. The molecule has 2 aromatic rings. The molecular formula is C18H23N3O. The highest BCUT2D eigenvalue weighted by molar-refractivity contribution is 5.99. The molecule has 0 radical (unpaired) electrons. The molecule has 4 nitrogen and oxygen atoms in total. The molecule has 0 atom stereocenters. The fraction of sp³-hybridized carbons (Fsp3) is 0.278. The number of nitrogens with one attached hydrogen (secondary N) is 2. The third kappa shape index (κ3) is 4.25. The Hall–Kier alpha value is -2.49. The first-order chi connectivity index (χ1) is 10.6. The highest BCUT2D eigenvalue weighted by Gasteiger charge is 2.04. The molecule has 4 heteroatoms. The smallest absolute Gasteiger partial charge is 0.323 e. The summed E-state index contributed by atoms with van der Waals surface area (Å²) < 4.78 is 0. The number of hydrogen-bond donors (Lipinski definition) is 2. The third-order valence-electron chi connectivity index (χ3n) is 3.56. The van der Waals surface area contributed by atoms with E-state index in [4.69, 9.17) is 0 Å². The van der Waals surface area contributed by atoms with E-state index in [2.05, 4.69) is 29.4 Å². The van der Waals surface area contributed by atoms with Crippen LogP contribution in [0.15, 0.2) is 48.5 Å². The quantitative estimate of drug-likeness (QED) is 0.854. The molecule has 0 saturated heterocycles. The second-order valence-electron chi connectivity index (χ2n) is 5.16. The molecule has 2 amide bonds.